The summed E-state index contributed by atoms with van der Waals surface area (Å²) in [4.78, 5) is 34.4. The summed E-state index contributed by atoms with van der Waals surface area (Å²) >= 11 is 0. The van der Waals surface area contributed by atoms with E-state index in [1.807, 2.05) is 18.2 Å². The molecule has 6 nitrogen and oxygen atoms in total. The molecule has 3 aliphatic rings. The molecule has 162 valence electrons. The predicted molar refractivity (Wildman–Crippen MR) is 119 cm³/mol. The molecule has 0 bridgehead atoms. The van der Waals surface area contributed by atoms with Crippen LogP contribution in [0.5, 0.6) is 0 Å². The summed E-state index contributed by atoms with van der Waals surface area (Å²) in [5.74, 6) is -0.108. The van der Waals surface area contributed by atoms with Gasteiger partial charge in [0.2, 0.25) is 11.7 Å². The van der Waals surface area contributed by atoms with Crippen LogP contribution in [0, 0.1) is 5.41 Å². The van der Waals surface area contributed by atoms with E-state index in [9.17, 15) is 9.59 Å². The molecular weight excluding hydrogens is 390 g/mol. The van der Waals surface area contributed by atoms with Crippen molar-refractivity contribution in [2.24, 2.45) is 5.41 Å². The fourth-order valence-electron chi connectivity index (χ4n) is 4.96. The van der Waals surface area contributed by atoms with E-state index < -0.39 is 6.04 Å². The largest absolute Gasteiger partial charge is 0.380 e. The molecule has 0 saturated carbocycles. The second-order valence-corrected chi connectivity index (χ2v) is 9.22. The van der Waals surface area contributed by atoms with Gasteiger partial charge in [-0.2, -0.15) is 0 Å². The first-order valence-corrected chi connectivity index (χ1v) is 11.3. The lowest BCUT2D eigenvalue weighted by molar-refractivity contribution is -0.142. The third-order valence-corrected chi connectivity index (χ3v) is 7.16. The zero-order valence-electron chi connectivity index (χ0n) is 18.3. The minimum absolute atomic E-state index is 0.0262. The average molecular weight is 420 g/mol. The van der Waals surface area contributed by atoms with Gasteiger partial charge in [-0.05, 0) is 56.5 Å². The minimum Gasteiger partial charge on any atom is -0.380 e. The van der Waals surface area contributed by atoms with E-state index in [0.717, 1.165) is 56.7 Å². The van der Waals surface area contributed by atoms with Gasteiger partial charge in [0.25, 0.3) is 0 Å². The van der Waals surface area contributed by atoms with Crippen molar-refractivity contribution in [2.75, 3.05) is 37.7 Å². The Morgan fingerprint density at radius 3 is 2.65 bits per heavy atom. The summed E-state index contributed by atoms with van der Waals surface area (Å²) in [6.45, 7) is 7.78. The third kappa shape index (κ3) is 3.58. The molecule has 2 fully saturated rings. The van der Waals surface area contributed by atoms with E-state index in [0.29, 0.717) is 23.3 Å². The summed E-state index contributed by atoms with van der Waals surface area (Å²) in [5.41, 5.74) is 4.62. The number of aromatic nitrogens is 1. The maximum Gasteiger partial charge on any atom is 0.241 e. The number of benzene rings is 1. The fourth-order valence-corrected chi connectivity index (χ4v) is 4.96. The standard InChI is InChI=1S/C25H29N3O3/c1-3-18-5-4-6-19(11-18)20-12-21-23(26-13-20)24(30)17(2)28(21)22(29)14-27-9-7-25(8-10-27)15-31-16-25/h4-6,11-13,17H,3,7-10,14-16H2,1-2H3. The van der Waals surface area contributed by atoms with Gasteiger partial charge in [-0.1, -0.05) is 31.2 Å². The number of likely N-dealkylation sites (tertiary alicyclic amines) is 1. The van der Waals surface area contributed by atoms with Crippen molar-refractivity contribution >= 4 is 17.4 Å². The van der Waals surface area contributed by atoms with Crippen molar-refractivity contribution in [1.82, 2.24) is 9.88 Å². The lowest BCUT2D eigenvalue weighted by Gasteiger charge is -2.47. The Morgan fingerprint density at radius 2 is 1.97 bits per heavy atom. The molecule has 0 aliphatic carbocycles. The number of carbonyl (C=O) groups excluding carboxylic acids is 2. The first kappa shape index (κ1) is 20.3. The molecule has 0 N–H and O–H groups in total. The number of anilines is 1. The van der Waals surface area contributed by atoms with Gasteiger partial charge >= 0.3 is 0 Å². The van der Waals surface area contributed by atoms with Gasteiger partial charge in [0, 0.05) is 17.2 Å². The number of ether oxygens (including phenoxy) is 1. The number of ketones is 1. The number of piperidine rings is 1. The number of nitrogens with zero attached hydrogens (tertiary/aromatic N) is 3. The molecule has 1 amide bonds. The lowest BCUT2D eigenvalue weighted by atomic mass is 9.77. The normalized spacial score (nSPS) is 22.5. The third-order valence-electron chi connectivity index (χ3n) is 7.16. The van der Waals surface area contributed by atoms with E-state index >= 15 is 0 Å². The molecule has 1 atom stereocenters. The molecule has 3 aliphatic heterocycles. The number of amides is 1. The van der Waals surface area contributed by atoms with Gasteiger partial charge in [0.15, 0.2) is 0 Å². The minimum atomic E-state index is -0.511. The van der Waals surface area contributed by atoms with Gasteiger partial charge in [0.1, 0.15) is 5.69 Å². The topological polar surface area (TPSA) is 62.7 Å². The molecule has 2 aromatic rings. The highest BCUT2D eigenvalue weighted by Crippen LogP contribution is 2.39. The van der Waals surface area contributed by atoms with Crippen LogP contribution in [-0.4, -0.2) is 60.5 Å². The van der Waals surface area contributed by atoms with Crippen LogP contribution in [0.3, 0.4) is 0 Å². The van der Waals surface area contributed by atoms with Gasteiger partial charge < -0.3 is 4.74 Å². The molecule has 4 heterocycles. The van der Waals surface area contributed by atoms with Crippen molar-refractivity contribution in [1.29, 1.82) is 0 Å². The van der Waals surface area contributed by atoms with E-state index in [1.165, 1.54) is 5.56 Å². The second kappa shape index (κ2) is 7.84. The van der Waals surface area contributed by atoms with Crippen molar-refractivity contribution in [2.45, 2.75) is 39.2 Å². The molecular formula is C25H29N3O3. The summed E-state index contributed by atoms with van der Waals surface area (Å²) in [6.07, 6.45) is 4.85. The molecule has 1 spiro atoms. The number of fused-ring (bicyclic) bond motifs is 1. The molecule has 0 radical (unpaired) electrons. The zero-order valence-corrected chi connectivity index (χ0v) is 18.3. The Labute approximate surface area is 183 Å². The first-order chi connectivity index (χ1) is 15.0. The quantitative estimate of drug-likeness (QED) is 0.761. The summed E-state index contributed by atoms with van der Waals surface area (Å²) in [7, 11) is 0. The molecule has 5 rings (SSSR count). The molecule has 1 aromatic carbocycles. The molecule has 2 saturated heterocycles. The van der Waals surface area contributed by atoms with Crippen LogP contribution in [0.2, 0.25) is 0 Å². The van der Waals surface area contributed by atoms with E-state index in [4.69, 9.17) is 4.74 Å². The number of hydrogen-bond acceptors (Lipinski definition) is 5. The van der Waals surface area contributed by atoms with Gasteiger partial charge in [0.05, 0.1) is 31.5 Å². The smallest absolute Gasteiger partial charge is 0.241 e. The van der Waals surface area contributed by atoms with E-state index in [-0.39, 0.29) is 11.7 Å². The average Bonchev–Trinajstić information content (AvgIpc) is 3.03. The monoisotopic (exact) mass is 419 g/mol. The molecule has 6 heteroatoms. The van der Waals surface area contributed by atoms with Crippen LogP contribution in [0.15, 0.2) is 36.5 Å². The SMILES string of the molecule is CCc1cccc(-c2cnc3c(c2)N(C(=O)CN2CCC4(CC2)COC4)C(C)C3=O)c1. The number of Topliss-reactive ketones (excluding diaryl/α,β-unsaturated/α-hetero) is 1. The molecule has 1 unspecified atom stereocenters. The van der Waals surface area contributed by atoms with E-state index in [1.54, 1.807) is 18.0 Å². The van der Waals surface area contributed by atoms with Crippen molar-refractivity contribution in [3.05, 3.63) is 47.8 Å². The van der Waals surface area contributed by atoms with Crippen LogP contribution in [0.25, 0.3) is 11.1 Å². The predicted octanol–water partition coefficient (Wildman–Crippen LogP) is 3.34. The van der Waals surface area contributed by atoms with Gasteiger partial charge in [-0.15, -0.1) is 0 Å². The maximum atomic E-state index is 13.3. The number of aryl methyl sites for hydroxylation is 1. The Morgan fingerprint density at radius 1 is 1.19 bits per heavy atom. The highest BCUT2D eigenvalue weighted by Gasteiger charge is 2.43. The highest BCUT2D eigenvalue weighted by molar-refractivity contribution is 6.17. The van der Waals surface area contributed by atoms with Crippen molar-refractivity contribution < 1.29 is 14.3 Å². The number of pyridine rings is 1. The van der Waals surface area contributed by atoms with Gasteiger partial charge in [-0.25, -0.2) is 0 Å². The number of hydrogen-bond donors (Lipinski definition) is 0. The van der Waals surface area contributed by atoms with Crippen LogP contribution in [0.1, 0.15) is 42.7 Å². The molecule has 31 heavy (non-hydrogen) atoms. The second-order valence-electron chi connectivity index (χ2n) is 9.22. The number of carbonyl (C=O) groups is 2. The Kier molecular flexibility index (Phi) is 5.15. The van der Waals surface area contributed by atoms with Crippen molar-refractivity contribution in [3.63, 3.8) is 0 Å². The maximum absolute atomic E-state index is 13.3. The van der Waals surface area contributed by atoms with Crippen LogP contribution < -0.4 is 4.90 Å². The zero-order chi connectivity index (χ0) is 21.6. The fraction of sp³-hybridized carbons (Fsp3) is 0.480. The number of rotatable bonds is 4. The first-order valence-electron chi connectivity index (χ1n) is 11.3. The summed E-state index contributed by atoms with van der Waals surface area (Å²) in [5, 5.41) is 0. The van der Waals surface area contributed by atoms with Crippen LogP contribution >= 0.6 is 0 Å². The van der Waals surface area contributed by atoms with Crippen molar-refractivity contribution in [3.8, 4) is 11.1 Å². The molecule has 1 aromatic heterocycles. The Bertz CT molecular complexity index is 1020. The van der Waals surface area contributed by atoms with Crippen LogP contribution in [-0.2, 0) is 16.0 Å². The Hall–Kier alpha value is -2.57. The van der Waals surface area contributed by atoms with Gasteiger partial charge in [-0.3, -0.25) is 24.4 Å². The van der Waals surface area contributed by atoms with E-state index in [2.05, 4.69) is 28.9 Å². The summed E-state index contributed by atoms with van der Waals surface area (Å²) in [6, 6.07) is 9.77. The summed E-state index contributed by atoms with van der Waals surface area (Å²) < 4.78 is 5.40. The Balaban J connectivity index is 1.37. The highest BCUT2D eigenvalue weighted by atomic mass is 16.5. The van der Waals surface area contributed by atoms with Crippen LogP contribution in [0.4, 0.5) is 5.69 Å². The lowest BCUT2D eigenvalue weighted by Crippen LogP contribution is -2.53.